The zero-order valence-electron chi connectivity index (χ0n) is 27.6. The lowest BCUT2D eigenvalue weighted by atomic mass is 9.94. The summed E-state index contributed by atoms with van der Waals surface area (Å²) in [7, 11) is 3.02. The highest BCUT2D eigenvalue weighted by Gasteiger charge is 2.36. The number of halogens is 2. The molecule has 3 aromatic carbocycles. The number of fused-ring (bicyclic) bond motifs is 1. The van der Waals surface area contributed by atoms with Crippen molar-refractivity contribution < 1.29 is 33.0 Å². The van der Waals surface area contributed by atoms with Gasteiger partial charge in [0.1, 0.15) is 18.7 Å². The van der Waals surface area contributed by atoms with Gasteiger partial charge in [0.2, 0.25) is 17.7 Å². The maximum absolute atomic E-state index is 14.4. The van der Waals surface area contributed by atoms with Crippen molar-refractivity contribution >= 4 is 28.5 Å². The maximum Gasteiger partial charge on any atom is 0.249 e. The molecule has 0 spiro atoms. The van der Waals surface area contributed by atoms with Crippen LogP contribution < -0.4 is 10.6 Å². The number of amides is 3. The van der Waals surface area contributed by atoms with Gasteiger partial charge in [-0.05, 0) is 53.4 Å². The Morgan fingerprint density at radius 2 is 1.64 bits per heavy atom. The number of likely N-dealkylation sites (N-methyl/N-ethyl adjacent to an activating group) is 2. The third-order valence-corrected chi connectivity index (χ3v) is 8.80. The van der Waals surface area contributed by atoms with Crippen LogP contribution in [0.5, 0.6) is 0 Å². The number of benzene rings is 3. The van der Waals surface area contributed by atoms with Crippen molar-refractivity contribution in [2.75, 3.05) is 47.0 Å². The van der Waals surface area contributed by atoms with Gasteiger partial charge < -0.3 is 30.3 Å². The van der Waals surface area contributed by atoms with Gasteiger partial charge in [0, 0.05) is 51.5 Å². The van der Waals surface area contributed by atoms with Gasteiger partial charge in [0.15, 0.2) is 11.6 Å². The Kier molecular flexibility index (Phi) is 12.4. The fourth-order valence-electron chi connectivity index (χ4n) is 5.63. The average molecular weight is 653 g/mol. The van der Waals surface area contributed by atoms with Crippen molar-refractivity contribution in [2.24, 2.45) is 5.41 Å². The second-order valence-corrected chi connectivity index (χ2v) is 13.2. The molecule has 3 amide bonds. The van der Waals surface area contributed by atoms with Gasteiger partial charge in [-0.25, -0.2) is 8.78 Å². The summed E-state index contributed by atoms with van der Waals surface area (Å²) in [5.74, 6) is -3.51. The Bertz CT molecular complexity index is 1540. The largest absolute Gasteiger partial charge is 0.396 e. The molecular formula is C36H46F2N4O5. The molecule has 3 atom stereocenters. The minimum atomic E-state index is -1.13. The predicted octanol–water partition coefficient (Wildman–Crippen LogP) is 3.46. The van der Waals surface area contributed by atoms with Crippen LogP contribution in [0.3, 0.4) is 0 Å². The molecule has 0 unspecified atom stereocenters. The molecule has 0 bridgehead atoms. The van der Waals surface area contributed by atoms with Crippen LogP contribution >= 0.6 is 0 Å². The predicted molar refractivity (Wildman–Crippen MR) is 177 cm³/mol. The number of aliphatic hydroxyl groups is 1. The number of aliphatic hydroxyl groups excluding tert-OH is 1. The van der Waals surface area contributed by atoms with Crippen molar-refractivity contribution in [3.05, 3.63) is 83.4 Å². The fraction of sp³-hybridized carbons (Fsp3) is 0.472. The lowest BCUT2D eigenvalue weighted by Gasteiger charge is -2.35. The third kappa shape index (κ3) is 9.79. The fourth-order valence-corrected chi connectivity index (χ4v) is 5.63. The van der Waals surface area contributed by atoms with Gasteiger partial charge in [-0.2, -0.15) is 0 Å². The first kappa shape index (κ1) is 35.9. The molecule has 4 rings (SSSR count). The van der Waals surface area contributed by atoms with Gasteiger partial charge in [0.25, 0.3) is 0 Å². The number of ether oxygens (including phenoxy) is 1. The summed E-state index contributed by atoms with van der Waals surface area (Å²) in [6.07, 6.45) is 2.07. The lowest BCUT2D eigenvalue weighted by Crippen LogP contribution is -2.57. The van der Waals surface area contributed by atoms with Gasteiger partial charge in [-0.15, -0.1) is 0 Å². The van der Waals surface area contributed by atoms with Gasteiger partial charge in [-0.3, -0.25) is 14.4 Å². The third-order valence-electron chi connectivity index (χ3n) is 8.80. The van der Waals surface area contributed by atoms with Crippen LogP contribution in [0.2, 0.25) is 0 Å². The Balaban J connectivity index is 1.61. The first-order chi connectivity index (χ1) is 22.4. The summed E-state index contributed by atoms with van der Waals surface area (Å²) in [5, 5.41) is 17.8. The Morgan fingerprint density at radius 1 is 0.957 bits per heavy atom. The Labute approximate surface area is 275 Å². The quantitative estimate of drug-likeness (QED) is 0.232. The SMILES string of the molecule is CN(C(=O)COC[C@H]1CCCN1)[C@H](Cc1ccc2ccccc2c1)C(=O)N(C)[C@H](Cc1ccc(F)c(F)c1)C(=O)NCC(C)(C)CO. The van der Waals surface area contributed by atoms with E-state index < -0.39 is 40.9 Å². The lowest BCUT2D eigenvalue weighted by molar-refractivity contribution is -0.149. The molecule has 9 nitrogen and oxygen atoms in total. The van der Waals surface area contributed by atoms with Gasteiger partial charge in [-0.1, -0.05) is 62.4 Å². The number of nitrogens with one attached hydrogen (secondary N) is 2. The van der Waals surface area contributed by atoms with Crippen LogP contribution in [0, 0.1) is 17.0 Å². The van der Waals surface area contributed by atoms with Crippen LogP contribution in [0.15, 0.2) is 60.7 Å². The van der Waals surface area contributed by atoms with E-state index in [4.69, 9.17) is 4.74 Å². The van der Waals surface area contributed by atoms with Crippen molar-refractivity contribution in [3.63, 3.8) is 0 Å². The van der Waals surface area contributed by atoms with E-state index >= 15 is 0 Å². The van der Waals surface area contributed by atoms with Crippen LogP contribution in [-0.4, -0.2) is 97.8 Å². The van der Waals surface area contributed by atoms with Gasteiger partial charge >= 0.3 is 0 Å². The second kappa shape index (κ2) is 16.3. The second-order valence-electron chi connectivity index (χ2n) is 13.2. The maximum atomic E-state index is 14.4. The highest BCUT2D eigenvalue weighted by molar-refractivity contribution is 5.93. The summed E-state index contributed by atoms with van der Waals surface area (Å²) in [5.41, 5.74) is 0.497. The molecule has 1 fully saturated rings. The minimum absolute atomic E-state index is 0.108. The van der Waals surface area contributed by atoms with Crippen molar-refractivity contribution in [2.45, 2.75) is 57.7 Å². The first-order valence-electron chi connectivity index (χ1n) is 16.0. The molecule has 47 heavy (non-hydrogen) atoms. The highest BCUT2D eigenvalue weighted by Crippen LogP contribution is 2.21. The molecule has 0 radical (unpaired) electrons. The Hall–Kier alpha value is -3.93. The van der Waals surface area contributed by atoms with E-state index in [-0.39, 0.29) is 44.5 Å². The van der Waals surface area contributed by atoms with Gasteiger partial charge in [0.05, 0.1) is 6.61 Å². The highest BCUT2D eigenvalue weighted by atomic mass is 19.2. The van der Waals surface area contributed by atoms with Crippen LogP contribution in [0.4, 0.5) is 8.78 Å². The molecule has 3 aromatic rings. The van der Waals surface area contributed by atoms with Crippen LogP contribution in [0.1, 0.15) is 37.8 Å². The van der Waals surface area contributed by atoms with E-state index in [1.54, 1.807) is 20.9 Å². The number of rotatable bonds is 15. The van der Waals surface area contributed by atoms with Crippen molar-refractivity contribution in [1.29, 1.82) is 0 Å². The molecule has 11 heteroatoms. The minimum Gasteiger partial charge on any atom is -0.396 e. The standard InChI is InChI=1S/C36H46F2N4O5/c1-36(2,23-43)22-40-34(45)31(18-25-12-14-29(37)30(38)17-25)42(4)35(46)32(19-24-11-13-26-8-5-6-9-27(26)16-24)41(3)33(44)21-47-20-28-10-7-15-39-28/h5-6,8-9,11-14,16-17,28,31-32,39,43H,7,10,15,18-23H2,1-4H3,(H,40,45)/t28-,31-,32-/m1/s1. The van der Waals surface area contributed by atoms with Crippen LogP contribution in [-0.2, 0) is 32.0 Å². The number of nitrogens with zero attached hydrogens (tertiary/aromatic N) is 2. The van der Waals surface area contributed by atoms with E-state index in [0.717, 1.165) is 47.9 Å². The van der Waals surface area contributed by atoms with Crippen LogP contribution in [0.25, 0.3) is 10.8 Å². The zero-order chi connectivity index (χ0) is 34.1. The summed E-state index contributed by atoms with van der Waals surface area (Å²) in [4.78, 5) is 44.1. The normalized spacial score (nSPS) is 16.1. The summed E-state index contributed by atoms with van der Waals surface area (Å²) in [6, 6.07) is 15.1. The Morgan fingerprint density at radius 3 is 2.32 bits per heavy atom. The molecule has 1 heterocycles. The molecular weight excluding hydrogens is 606 g/mol. The molecule has 3 N–H and O–H groups in total. The molecule has 0 aliphatic carbocycles. The van der Waals surface area contributed by atoms with Crippen molar-refractivity contribution in [1.82, 2.24) is 20.4 Å². The molecule has 1 saturated heterocycles. The molecule has 1 aliphatic heterocycles. The number of carbonyl (C=O) groups excluding carboxylic acids is 3. The number of hydrogen-bond donors (Lipinski definition) is 3. The molecule has 254 valence electrons. The van der Waals surface area contributed by atoms with E-state index in [9.17, 15) is 28.3 Å². The topological polar surface area (TPSA) is 111 Å². The summed E-state index contributed by atoms with van der Waals surface area (Å²) >= 11 is 0. The molecule has 1 aliphatic rings. The summed E-state index contributed by atoms with van der Waals surface area (Å²) in [6.45, 7) is 4.56. The first-order valence-corrected chi connectivity index (χ1v) is 16.0. The van der Waals surface area contributed by atoms with E-state index in [1.165, 1.54) is 22.9 Å². The average Bonchev–Trinajstić information content (AvgIpc) is 3.59. The monoisotopic (exact) mass is 652 g/mol. The zero-order valence-corrected chi connectivity index (χ0v) is 27.6. The van der Waals surface area contributed by atoms with Crippen molar-refractivity contribution in [3.8, 4) is 0 Å². The smallest absolute Gasteiger partial charge is 0.249 e. The number of carbonyl (C=O) groups is 3. The summed E-state index contributed by atoms with van der Waals surface area (Å²) < 4.78 is 33.6. The number of hydrogen-bond acceptors (Lipinski definition) is 6. The van der Waals surface area contributed by atoms with E-state index in [2.05, 4.69) is 10.6 Å². The van der Waals surface area contributed by atoms with E-state index in [1.807, 2.05) is 42.5 Å². The molecule has 0 saturated carbocycles. The van der Waals surface area contributed by atoms with E-state index in [0.29, 0.717) is 12.2 Å². The molecule has 0 aromatic heterocycles.